The Morgan fingerprint density at radius 2 is 1.35 bits per heavy atom. The Kier molecular flexibility index (Phi) is 8.14. The first-order valence-corrected chi connectivity index (χ1v) is 18.9. The number of benzene rings is 4. The van der Waals surface area contributed by atoms with Crippen molar-refractivity contribution >= 4 is 46.1 Å². The van der Waals surface area contributed by atoms with Gasteiger partial charge >= 0.3 is 0 Å². The highest BCUT2D eigenvalue weighted by atomic mass is 19.1. The minimum Gasteiger partial charge on any atom is -0.508 e. The lowest BCUT2D eigenvalue weighted by Crippen LogP contribution is -2.54. The van der Waals surface area contributed by atoms with Crippen molar-refractivity contribution in [2.45, 2.75) is 45.1 Å². The van der Waals surface area contributed by atoms with Crippen molar-refractivity contribution in [3.05, 3.63) is 119 Å². The van der Waals surface area contributed by atoms with Gasteiger partial charge in [0.2, 0.25) is 11.8 Å². The SMILES string of the molecule is [2H]C1([2H])N(CC2CCN(c3ccc(C(=C(CC)c4ccc(O)cc4)c4ccc(O)cc4)cc3)CC2)C([2H])([2H])C([2H])([2H])N(c2cc(F)c3c(c2)C(=O)N(C2CCC(=O)NC2=O)C3=O)C1([2H])[2H]. The van der Waals surface area contributed by atoms with E-state index >= 15 is 4.39 Å². The van der Waals surface area contributed by atoms with Gasteiger partial charge in [-0.2, -0.15) is 0 Å². The number of anilines is 2. The molecule has 1 atom stereocenters. The van der Waals surface area contributed by atoms with Crippen LogP contribution in [0.1, 0.15) is 87.4 Å². The van der Waals surface area contributed by atoms with Crippen molar-refractivity contribution in [2.24, 2.45) is 5.92 Å². The van der Waals surface area contributed by atoms with Crippen molar-refractivity contribution in [1.82, 2.24) is 15.1 Å². The summed E-state index contributed by atoms with van der Waals surface area (Å²) in [5.74, 6) is -5.44. The molecule has 57 heavy (non-hydrogen) atoms. The third kappa shape index (κ3) is 7.61. The number of phenols is 2. The Morgan fingerprint density at radius 3 is 1.95 bits per heavy atom. The van der Waals surface area contributed by atoms with E-state index in [1.165, 1.54) is 0 Å². The maximum atomic E-state index is 15.9. The minimum atomic E-state index is -3.40. The highest BCUT2D eigenvalue weighted by molar-refractivity contribution is 6.24. The van der Waals surface area contributed by atoms with Gasteiger partial charge in [-0.1, -0.05) is 43.3 Å². The average Bonchev–Trinajstić information content (AvgIpc) is 3.50. The van der Waals surface area contributed by atoms with Crippen LogP contribution < -0.4 is 15.1 Å². The lowest BCUT2D eigenvalue weighted by Gasteiger charge is -2.40. The molecule has 0 saturated carbocycles. The monoisotopic (exact) mass is 779 g/mol. The summed E-state index contributed by atoms with van der Waals surface area (Å²) < 4.78 is 88.2. The molecule has 0 radical (unpaired) electrons. The van der Waals surface area contributed by atoms with Crippen molar-refractivity contribution in [3.63, 3.8) is 0 Å². The number of hydrogen-bond donors (Lipinski definition) is 3. The van der Waals surface area contributed by atoms with Crippen molar-refractivity contribution in [1.29, 1.82) is 0 Å². The highest BCUT2D eigenvalue weighted by Crippen LogP contribution is 2.37. The number of piperidine rings is 2. The molecule has 0 aromatic heterocycles. The fourth-order valence-electron chi connectivity index (χ4n) is 7.96. The molecule has 0 bridgehead atoms. The standard InChI is InChI=1S/C45H46FN5O6/c1-2-36(29-5-11-34(52)12-6-29)41(31-7-13-35(53)14-8-31)30-3-9-32(10-4-30)49-19-17-28(18-20-49)27-48-21-23-50(24-22-48)33-25-37-42(38(46)26-33)45(57)51(44(37)56)39-15-16-40(54)47-43(39)55/h3-14,25-26,28,39,52-53H,2,15-24,27H2,1H3,(H,47,54,55)/i21D2,22D2,23D2,24D2. The first kappa shape index (κ1) is 29.3. The second kappa shape index (κ2) is 15.9. The number of rotatable bonds is 9. The zero-order chi connectivity index (χ0) is 47.0. The minimum absolute atomic E-state index is 0.134. The van der Waals surface area contributed by atoms with Gasteiger partial charge in [0, 0.05) is 68.9 Å². The van der Waals surface area contributed by atoms with Gasteiger partial charge in [-0.15, -0.1) is 0 Å². The van der Waals surface area contributed by atoms with E-state index in [2.05, 4.69) is 4.90 Å². The Morgan fingerprint density at radius 1 is 0.754 bits per heavy atom. The summed E-state index contributed by atoms with van der Waals surface area (Å²) in [6.45, 7) is -10.7. The summed E-state index contributed by atoms with van der Waals surface area (Å²) in [5.41, 5.74) is 3.45. The number of imide groups is 2. The normalized spacial score (nSPS) is 25.4. The number of aromatic hydroxyl groups is 2. The molecule has 4 aromatic rings. The first-order valence-electron chi connectivity index (χ1n) is 22.9. The summed E-state index contributed by atoms with van der Waals surface area (Å²) in [4.78, 5) is 54.5. The van der Waals surface area contributed by atoms with Crippen LogP contribution in [-0.4, -0.2) is 95.3 Å². The van der Waals surface area contributed by atoms with Crippen molar-refractivity contribution < 1.29 is 44.7 Å². The number of piperazine rings is 1. The molecule has 11 nitrogen and oxygen atoms in total. The number of nitrogens with one attached hydrogen (secondary N) is 1. The first-order chi connectivity index (χ1) is 30.6. The van der Waals surface area contributed by atoms with Gasteiger partial charge < -0.3 is 20.0 Å². The number of fused-ring (bicyclic) bond motifs is 1. The van der Waals surface area contributed by atoms with E-state index in [4.69, 9.17) is 11.0 Å². The molecule has 12 heteroatoms. The molecule has 1 unspecified atom stereocenters. The fraction of sp³-hybridized carbons (Fsp3) is 0.333. The number of hydrogen-bond acceptors (Lipinski definition) is 9. The van der Waals surface area contributed by atoms with E-state index in [9.17, 15) is 29.4 Å². The topological polar surface area (TPSA) is 134 Å². The number of phenolic OH excluding ortho intramolecular Hbond substituents is 2. The number of carbonyl (C=O) groups is 4. The van der Waals surface area contributed by atoms with Crippen LogP contribution in [0.3, 0.4) is 0 Å². The number of halogens is 1. The lowest BCUT2D eigenvalue weighted by molar-refractivity contribution is -0.136. The summed E-state index contributed by atoms with van der Waals surface area (Å²) >= 11 is 0. The zero-order valence-corrected chi connectivity index (χ0v) is 31.1. The van der Waals surface area contributed by atoms with Crippen LogP contribution in [0.2, 0.25) is 0 Å². The molecule has 294 valence electrons. The Bertz CT molecular complexity index is 2580. The predicted octanol–water partition coefficient (Wildman–Crippen LogP) is 6.05. The molecule has 0 aliphatic carbocycles. The largest absolute Gasteiger partial charge is 0.508 e. The molecule has 0 spiro atoms. The van der Waals surface area contributed by atoms with Gasteiger partial charge in [-0.25, -0.2) is 4.39 Å². The Labute approximate surface area is 342 Å². The molecule has 3 saturated heterocycles. The van der Waals surface area contributed by atoms with Gasteiger partial charge in [0.15, 0.2) is 0 Å². The molecule has 4 aromatic carbocycles. The van der Waals surface area contributed by atoms with Crippen LogP contribution in [-0.2, 0) is 9.59 Å². The number of nitrogens with zero attached hydrogens (tertiary/aromatic N) is 4. The van der Waals surface area contributed by atoms with Gasteiger partial charge in [-0.05, 0) is 108 Å². The number of amides is 4. The maximum absolute atomic E-state index is 15.9. The molecule has 8 rings (SSSR count). The van der Waals surface area contributed by atoms with E-state index in [-0.39, 0.29) is 35.8 Å². The molecule has 3 N–H and O–H groups in total. The summed E-state index contributed by atoms with van der Waals surface area (Å²) in [6.07, 6.45) is 1.10. The third-order valence-corrected chi connectivity index (χ3v) is 10.9. The lowest BCUT2D eigenvalue weighted by atomic mass is 9.88. The van der Waals surface area contributed by atoms with Crippen LogP contribution in [0.25, 0.3) is 11.1 Å². The molecule has 4 heterocycles. The van der Waals surface area contributed by atoms with Crippen LogP contribution in [0.5, 0.6) is 11.5 Å². The average molecular weight is 780 g/mol. The molecule has 3 fully saturated rings. The number of carbonyl (C=O) groups excluding carboxylic acids is 4. The van der Waals surface area contributed by atoms with E-state index in [0.29, 0.717) is 48.2 Å². The Hall–Kier alpha value is -6.01. The molecule has 4 aliphatic rings. The summed E-state index contributed by atoms with van der Waals surface area (Å²) in [7, 11) is 0. The van der Waals surface area contributed by atoms with Crippen LogP contribution in [0.15, 0.2) is 84.9 Å². The zero-order valence-electron chi connectivity index (χ0n) is 39.1. The molecular weight excluding hydrogens is 726 g/mol. The molecule has 4 aliphatic heterocycles. The van der Waals surface area contributed by atoms with E-state index in [1.54, 1.807) is 24.3 Å². The Balaban J connectivity index is 1.01. The predicted molar refractivity (Wildman–Crippen MR) is 216 cm³/mol. The smallest absolute Gasteiger partial charge is 0.265 e. The third-order valence-electron chi connectivity index (χ3n) is 10.9. The quantitative estimate of drug-likeness (QED) is 0.137. The van der Waals surface area contributed by atoms with Crippen LogP contribution in [0, 0.1) is 11.7 Å². The summed E-state index contributed by atoms with van der Waals surface area (Å²) in [6, 6.07) is 21.8. The maximum Gasteiger partial charge on any atom is 0.265 e. The molecule has 4 amide bonds. The van der Waals surface area contributed by atoms with E-state index in [1.807, 2.05) is 60.8 Å². The van der Waals surface area contributed by atoms with Gasteiger partial charge in [0.25, 0.3) is 11.8 Å². The highest BCUT2D eigenvalue weighted by Gasteiger charge is 2.46. The molecular formula is C45H46FN5O6. The summed E-state index contributed by atoms with van der Waals surface area (Å²) in [5, 5.41) is 22.0. The van der Waals surface area contributed by atoms with Crippen LogP contribution in [0.4, 0.5) is 15.8 Å². The van der Waals surface area contributed by atoms with Crippen molar-refractivity contribution in [2.75, 3.05) is 55.4 Å². The number of allylic oxidation sites excluding steroid dienone is 1. The van der Waals surface area contributed by atoms with E-state index in [0.717, 1.165) is 39.6 Å². The fourth-order valence-corrected chi connectivity index (χ4v) is 7.96. The van der Waals surface area contributed by atoms with Gasteiger partial charge in [0.1, 0.15) is 23.4 Å². The van der Waals surface area contributed by atoms with Gasteiger partial charge in [-0.3, -0.25) is 34.3 Å². The van der Waals surface area contributed by atoms with Crippen LogP contribution >= 0.6 is 0 Å². The van der Waals surface area contributed by atoms with Crippen molar-refractivity contribution in [3.8, 4) is 11.5 Å². The van der Waals surface area contributed by atoms with Gasteiger partial charge in [0.05, 0.1) is 16.6 Å². The van der Waals surface area contributed by atoms with E-state index < -0.39 is 84.2 Å². The second-order valence-electron chi connectivity index (χ2n) is 14.5. The second-order valence-corrected chi connectivity index (χ2v) is 14.5.